The minimum Gasteiger partial charge on any atom is -0.369 e. The SMILES string of the molecule is NCC#CCN1CCN(c2ccc(C(F)(F)F)cc2)CC1. The molecule has 3 nitrogen and oxygen atoms in total. The lowest BCUT2D eigenvalue weighted by molar-refractivity contribution is -0.137. The normalized spacial score (nSPS) is 16.5. The van der Waals surface area contributed by atoms with Gasteiger partial charge in [-0.2, -0.15) is 13.2 Å². The molecule has 0 atom stereocenters. The average molecular weight is 297 g/mol. The van der Waals surface area contributed by atoms with E-state index in [1.807, 2.05) is 0 Å². The number of hydrogen-bond donors (Lipinski definition) is 1. The van der Waals surface area contributed by atoms with Crippen LogP contribution in [-0.2, 0) is 6.18 Å². The van der Waals surface area contributed by atoms with Crippen LogP contribution in [-0.4, -0.2) is 44.2 Å². The molecule has 1 aromatic carbocycles. The second-order valence-corrected chi connectivity index (χ2v) is 4.87. The number of hydrogen-bond acceptors (Lipinski definition) is 3. The van der Waals surface area contributed by atoms with Crippen molar-refractivity contribution in [2.75, 3.05) is 44.2 Å². The fraction of sp³-hybridized carbons (Fsp3) is 0.467. The van der Waals surface area contributed by atoms with E-state index < -0.39 is 11.7 Å². The van der Waals surface area contributed by atoms with Gasteiger partial charge in [0, 0.05) is 31.9 Å². The van der Waals surface area contributed by atoms with E-state index in [1.165, 1.54) is 12.1 Å². The molecule has 0 radical (unpaired) electrons. The van der Waals surface area contributed by atoms with E-state index in [4.69, 9.17) is 5.73 Å². The van der Waals surface area contributed by atoms with Crippen LogP contribution in [0.4, 0.5) is 18.9 Å². The van der Waals surface area contributed by atoms with E-state index >= 15 is 0 Å². The van der Waals surface area contributed by atoms with Gasteiger partial charge in [0.1, 0.15) is 0 Å². The summed E-state index contributed by atoms with van der Waals surface area (Å²) in [5, 5.41) is 0. The Balaban J connectivity index is 1.90. The molecule has 0 aromatic heterocycles. The first kappa shape index (κ1) is 15.7. The third-order valence-corrected chi connectivity index (χ3v) is 3.46. The highest BCUT2D eigenvalue weighted by Gasteiger charge is 2.30. The van der Waals surface area contributed by atoms with Gasteiger partial charge in [-0.05, 0) is 24.3 Å². The third kappa shape index (κ3) is 4.38. The molecule has 114 valence electrons. The van der Waals surface area contributed by atoms with Crippen LogP contribution < -0.4 is 10.6 Å². The fourth-order valence-corrected chi connectivity index (χ4v) is 2.27. The molecule has 0 unspecified atom stereocenters. The van der Waals surface area contributed by atoms with Gasteiger partial charge in [-0.3, -0.25) is 4.90 Å². The van der Waals surface area contributed by atoms with Gasteiger partial charge in [0.05, 0.1) is 18.7 Å². The molecule has 1 aliphatic heterocycles. The number of nitrogens with zero attached hydrogens (tertiary/aromatic N) is 2. The van der Waals surface area contributed by atoms with Crippen molar-refractivity contribution in [2.24, 2.45) is 5.73 Å². The first-order valence-electron chi connectivity index (χ1n) is 6.81. The number of nitrogens with two attached hydrogens (primary N) is 1. The quantitative estimate of drug-likeness (QED) is 0.845. The predicted molar refractivity (Wildman–Crippen MR) is 76.9 cm³/mol. The van der Waals surface area contributed by atoms with Crippen molar-refractivity contribution in [1.82, 2.24) is 4.90 Å². The molecule has 0 amide bonds. The van der Waals surface area contributed by atoms with Crippen LogP contribution in [0.5, 0.6) is 0 Å². The number of halogens is 3. The second-order valence-electron chi connectivity index (χ2n) is 4.87. The van der Waals surface area contributed by atoms with Gasteiger partial charge >= 0.3 is 6.18 Å². The Kier molecular flexibility index (Phi) is 5.10. The van der Waals surface area contributed by atoms with Gasteiger partial charge in [-0.25, -0.2) is 0 Å². The summed E-state index contributed by atoms with van der Waals surface area (Å²) in [6.07, 6.45) is -4.28. The monoisotopic (exact) mass is 297 g/mol. The van der Waals surface area contributed by atoms with Crippen molar-refractivity contribution < 1.29 is 13.2 Å². The predicted octanol–water partition coefficient (Wildman–Crippen LogP) is 1.79. The van der Waals surface area contributed by atoms with Crippen LogP contribution in [0.2, 0.25) is 0 Å². The molecule has 6 heteroatoms. The maximum absolute atomic E-state index is 12.5. The molecular formula is C15H18F3N3. The van der Waals surface area contributed by atoms with E-state index in [-0.39, 0.29) is 0 Å². The van der Waals surface area contributed by atoms with E-state index in [2.05, 4.69) is 21.6 Å². The summed E-state index contributed by atoms with van der Waals surface area (Å²) < 4.78 is 37.6. The lowest BCUT2D eigenvalue weighted by Gasteiger charge is -2.35. The molecule has 1 aliphatic rings. The molecule has 2 N–H and O–H groups in total. The van der Waals surface area contributed by atoms with Gasteiger partial charge in [-0.15, -0.1) is 0 Å². The van der Waals surface area contributed by atoms with Gasteiger partial charge in [-0.1, -0.05) is 11.8 Å². The number of benzene rings is 1. The van der Waals surface area contributed by atoms with Crippen LogP contribution >= 0.6 is 0 Å². The largest absolute Gasteiger partial charge is 0.416 e. The molecule has 1 heterocycles. The summed E-state index contributed by atoms with van der Waals surface area (Å²) in [6, 6.07) is 5.34. The van der Waals surface area contributed by atoms with Crippen molar-refractivity contribution in [1.29, 1.82) is 0 Å². The molecule has 21 heavy (non-hydrogen) atoms. The van der Waals surface area contributed by atoms with Gasteiger partial charge in [0.15, 0.2) is 0 Å². The molecule has 1 aromatic rings. The first-order chi connectivity index (χ1) is 10.0. The topological polar surface area (TPSA) is 32.5 Å². The molecule has 1 fully saturated rings. The number of rotatable bonds is 2. The van der Waals surface area contributed by atoms with Crippen molar-refractivity contribution in [2.45, 2.75) is 6.18 Å². The maximum atomic E-state index is 12.5. The summed E-state index contributed by atoms with van der Waals surface area (Å²) >= 11 is 0. The number of anilines is 1. The lowest BCUT2D eigenvalue weighted by Crippen LogP contribution is -2.46. The van der Waals surface area contributed by atoms with Crippen molar-refractivity contribution in [3.05, 3.63) is 29.8 Å². The van der Waals surface area contributed by atoms with Crippen LogP contribution in [0.1, 0.15) is 5.56 Å². The first-order valence-corrected chi connectivity index (χ1v) is 6.81. The Morgan fingerprint density at radius 1 is 1.00 bits per heavy atom. The molecule has 2 rings (SSSR count). The maximum Gasteiger partial charge on any atom is 0.416 e. The molecular weight excluding hydrogens is 279 g/mol. The van der Waals surface area contributed by atoms with Crippen molar-refractivity contribution in [3.8, 4) is 11.8 Å². The fourth-order valence-electron chi connectivity index (χ4n) is 2.27. The third-order valence-electron chi connectivity index (χ3n) is 3.46. The van der Waals surface area contributed by atoms with Crippen molar-refractivity contribution in [3.63, 3.8) is 0 Å². The van der Waals surface area contributed by atoms with Gasteiger partial charge in [0.2, 0.25) is 0 Å². The highest BCUT2D eigenvalue weighted by Crippen LogP contribution is 2.30. The van der Waals surface area contributed by atoms with Crippen LogP contribution in [0.15, 0.2) is 24.3 Å². The van der Waals surface area contributed by atoms with Crippen LogP contribution in [0.3, 0.4) is 0 Å². The highest BCUT2D eigenvalue weighted by molar-refractivity contribution is 5.48. The zero-order chi connectivity index (χ0) is 15.3. The van der Waals surface area contributed by atoms with Gasteiger partial charge in [0.25, 0.3) is 0 Å². The Bertz CT molecular complexity index is 506. The Morgan fingerprint density at radius 3 is 2.14 bits per heavy atom. The lowest BCUT2D eigenvalue weighted by atomic mass is 10.1. The average Bonchev–Trinajstić information content (AvgIpc) is 2.48. The smallest absolute Gasteiger partial charge is 0.369 e. The summed E-state index contributed by atoms with van der Waals surface area (Å²) in [5.74, 6) is 5.82. The minimum atomic E-state index is -4.28. The van der Waals surface area contributed by atoms with Crippen molar-refractivity contribution >= 4 is 5.69 Å². The zero-order valence-electron chi connectivity index (χ0n) is 11.7. The van der Waals surface area contributed by atoms with Crippen LogP contribution in [0.25, 0.3) is 0 Å². The Hall–Kier alpha value is -1.71. The summed E-state index contributed by atoms with van der Waals surface area (Å²) in [5.41, 5.74) is 5.52. The molecule has 0 spiro atoms. The summed E-state index contributed by atoms with van der Waals surface area (Å²) in [7, 11) is 0. The molecule has 0 aliphatic carbocycles. The number of piperazine rings is 1. The van der Waals surface area contributed by atoms with E-state index in [9.17, 15) is 13.2 Å². The second kappa shape index (κ2) is 6.83. The van der Waals surface area contributed by atoms with E-state index in [0.29, 0.717) is 13.1 Å². The Morgan fingerprint density at radius 2 is 1.62 bits per heavy atom. The van der Waals surface area contributed by atoms with Crippen LogP contribution in [0, 0.1) is 11.8 Å². The molecule has 0 saturated carbocycles. The minimum absolute atomic E-state index is 0.367. The zero-order valence-corrected chi connectivity index (χ0v) is 11.7. The molecule has 0 bridgehead atoms. The number of alkyl halides is 3. The summed E-state index contributed by atoms with van der Waals surface area (Å²) in [4.78, 5) is 4.30. The van der Waals surface area contributed by atoms with Gasteiger partial charge < -0.3 is 10.6 Å². The standard InChI is InChI=1S/C15H18F3N3/c16-15(17,18)13-3-5-14(6-4-13)21-11-9-20(10-12-21)8-2-1-7-19/h3-6H,7-12,19H2. The molecule has 1 saturated heterocycles. The highest BCUT2D eigenvalue weighted by atomic mass is 19.4. The van der Waals surface area contributed by atoms with E-state index in [1.54, 1.807) is 0 Å². The summed E-state index contributed by atoms with van der Waals surface area (Å²) in [6.45, 7) is 4.33. The van der Waals surface area contributed by atoms with E-state index in [0.717, 1.165) is 44.0 Å². The Labute approximate surface area is 122 Å².